The van der Waals surface area contributed by atoms with Crippen molar-refractivity contribution < 1.29 is 4.74 Å². The van der Waals surface area contributed by atoms with Gasteiger partial charge < -0.3 is 10.5 Å². The number of thiophene rings is 1. The molecule has 1 aromatic heterocycles. The third-order valence-electron chi connectivity index (χ3n) is 3.29. The van der Waals surface area contributed by atoms with Crippen molar-refractivity contribution in [2.24, 2.45) is 5.73 Å². The Morgan fingerprint density at radius 3 is 2.65 bits per heavy atom. The number of nitrogens with two attached hydrogens (primary N) is 1. The fraction of sp³-hybridized carbons (Fsp3) is 0.294. The van der Waals surface area contributed by atoms with Gasteiger partial charge >= 0.3 is 0 Å². The normalized spacial score (nSPS) is 10.0. The number of aryl methyl sites for hydroxylation is 2. The van der Waals surface area contributed by atoms with Gasteiger partial charge in [0.05, 0.1) is 11.4 Å². The van der Waals surface area contributed by atoms with Gasteiger partial charge in [0, 0.05) is 5.56 Å². The van der Waals surface area contributed by atoms with Crippen molar-refractivity contribution in [3.8, 4) is 17.6 Å². The molecule has 0 aliphatic carbocycles. The minimum atomic E-state index is 0.381. The second kappa shape index (κ2) is 6.60. The van der Waals surface area contributed by atoms with Crippen LogP contribution in [0.3, 0.4) is 0 Å². The molecule has 0 atom stereocenters. The number of rotatable bonds is 3. The van der Waals surface area contributed by atoms with E-state index in [9.17, 15) is 0 Å². The molecule has 20 heavy (non-hydrogen) atoms. The molecule has 104 valence electrons. The van der Waals surface area contributed by atoms with Crippen LogP contribution < -0.4 is 10.5 Å². The predicted molar refractivity (Wildman–Crippen MR) is 85.2 cm³/mol. The summed E-state index contributed by atoms with van der Waals surface area (Å²) in [5.74, 6) is 6.96. The van der Waals surface area contributed by atoms with Crippen LogP contribution in [0.1, 0.15) is 27.1 Å². The summed E-state index contributed by atoms with van der Waals surface area (Å²) in [7, 11) is 0. The molecule has 0 bridgehead atoms. The topological polar surface area (TPSA) is 35.2 Å². The van der Waals surface area contributed by atoms with Crippen LogP contribution in [0.4, 0.5) is 0 Å². The molecule has 2 rings (SSSR count). The van der Waals surface area contributed by atoms with E-state index in [2.05, 4.69) is 44.7 Å². The maximum atomic E-state index is 6.02. The molecule has 0 saturated heterocycles. The molecule has 1 aromatic carbocycles. The average molecular weight is 285 g/mol. The Morgan fingerprint density at radius 2 is 1.90 bits per heavy atom. The summed E-state index contributed by atoms with van der Waals surface area (Å²) in [5, 5.41) is 2.04. The van der Waals surface area contributed by atoms with E-state index in [1.165, 1.54) is 16.7 Å². The summed E-state index contributed by atoms with van der Waals surface area (Å²) in [4.78, 5) is 1.14. The minimum absolute atomic E-state index is 0.381. The fourth-order valence-electron chi connectivity index (χ4n) is 2.00. The predicted octanol–water partition coefficient (Wildman–Crippen LogP) is 3.56. The highest BCUT2D eigenvalue weighted by Crippen LogP contribution is 2.27. The molecule has 0 aliphatic rings. The lowest BCUT2D eigenvalue weighted by Crippen LogP contribution is -2.00. The molecular formula is C17H19NOS. The molecule has 0 amide bonds. The second-order valence-corrected chi connectivity index (χ2v) is 5.71. The van der Waals surface area contributed by atoms with Gasteiger partial charge in [0.25, 0.3) is 0 Å². The first-order chi connectivity index (χ1) is 9.63. The Morgan fingerprint density at radius 1 is 1.15 bits per heavy atom. The molecule has 1 heterocycles. The van der Waals surface area contributed by atoms with Gasteiger partial charge in [-0.25, -0.2) is 0 Å². The van der Waals surface area contributed by atoms with Gasteiger partial charge in [0.2, 0.25) is 0 Å². The van der Waals surface area contributed by atoms with Gasteiger partial charge in [0.15, 0.2) is 0 Å². The number of hydrogen-bond acceptors (Lipinski definition) is 3. The molecule has 0 saturated carbocycles. The number of ether oxygens (including phenoxy) is 1. The summed E-state index contributed by atoms with van der Waals surface area (Å²) in [5.41, 5.74) is 10.1. The molecule has 0 spiro atoms. The first kappa shape index (κ1) is 14.6. The van der Waals surface area contributed by atoms with E-state index in [1.807, 2.05) is 11.4 Å². The Labute approximate surface area is 124 Å². The summed E-state index contributed by atoms with van der Waals surface area (Å²) in [6.07, 6.45) is 0. The standard InChI is InChI=1S/C17H19NOS/c1-12-6-7-13(2)17(14(12)3)19-11-16-15(5-4-9-18)8-10-20-16/h6-8,10H,9,11,18H2,1-3H3. The van der Waals surface area contributed by atoms with Crippen LogP contribution in [-0.4, -0.2) is 6.54 Å². The van der Waals surface area contributed by atoms with Crippen LogP contribution in [0, 0.1) is 32.6 Å². The smallest absolute Gasteiger partial charge is 0.125 e. The van der Waals surface area contributed by atoms with E-state index < -0.39 is 0 Å². The van der Waals surface area contributed by atoms with E-state index in [4.69, 9.17) is 10.5 Å². The highest BCUT2D eigenvalue weighted by molar-refractivity contribution is 7.10. The summed E-state index contributed by atoms with van der Waals surface area (Å²) in [6, 6.07) is 6.24. The maximum Gasteiger partial charge on any atom is 0.125 e. The largest absolute Gasteiger partial charge is 0.487 e. The Hall–Kier alpha value is -1.76. The Kier molecular flexibility index (Phi) is 4.84. The van der Waals surface area contributed by atoms with Crippen molar-refractivity contribution in [3.05, 3.63) is 50.7 Å². The fourth-order valence-corrected chi connectivity index (χ4v) is 2.74. The van der Waals surface area contributed by atoms with Crippen molar-refractivity contribution in [1.29, 1.82) is 0 Å². The van der Waals surface area contributed by atoms with E-state index >= 15 is 0 Å². The van der Waals surface area contributed by atoms with Gasteiger partial charge in [-0.15, -0.1) is 11.3 Å². The van der Waals surface area contributed by atoms with Crippen LogP contribution in [-0.2, 0) is 6.61 Å². The van der Waals surface area contributed by atoms with Crippen molar-refractivity contribution in [1.82, 2.24) is 0 Å². The zero-order valence-corrected chi connectivity index (χ0v) is 12.9. The monoisotopic (exact) mass is 285 g/mol. The quantitative estimate of drug-likeness (QED) is 0.875. The molecule has 3 heteroatoms. The van der Waals surface area contributed by atoms with Crippen molar-refractivity contribution >= 4 is 11.3 Å². The van der Waals surface area contributed by atoms with E-state index in [0.29, 0.717) is 13.2 Å². The second-order valence-electron chi connectivity index (χ2n) is 4.71. The zero-order valence-electron chi connectivity index (χ0n) is 12.1. The minimum Gasteiger partial charge on any atom is -0.487 e. The maximum absolute atomic E-state index is 6.02. The van der Waals surface area contributed by atoms with Crippen LogP contribution >= 0.6 is 11.3 Å². The van der Waals surface area contributed by atoms with Crippen LogP contribution in [0.5, 0.6) is 5.75 Å². The lowest BCUT2D eigenvalue weighted by Gasteiger charge is -2.13. The molecule has 2 nitrogen and oxygen atoms in total. The number of benzene rings is 1. The van der Waals surface area contributed by atoms with Crippen molar-refractivity contribution in [3.63, 3.8) is 0 Å². The SMILES string of the molecule is Cc1ccc(C)c(OCc2sccc2C#CCN)c1C. The van der Waals surface area contributed by atoms with Gasteiger partial charge in [-0.3, -0.25) is 0 Å². The first-order valence-electron chi connectivity index (χ1n) is 6.58. The van der Waals surface area contributed by atoms with Crippen LogP contribution in [0.2, 0.25) is 0 Å². The zero-order chi connectivity index (χ0) is 14.5. The molecule has 2 N–H and O–H groups in total. The number of hydrogen-bond donors (Lipinski definition) is 1. The molecule has 0 radical (unpaired) electrons. The highest BCUT2D eigenvalue weighted by Gasteiger charge is 2.08. The lowest BCUT2D eigenvalue weighted by molar-refractivity contribution is 0.305. The van der Waals surface area contributed by atoms with Gasteiger partial charge in [-0.05, 0) is 48.9 Å². The highest BCUT2D eigenvalue weighted by atomic mass is 32.1. The van der Waals surface area contributed by atoms with Crippen molar-refractivity contribution in [2.75, 3.05) is 6.54 Å². The van der Waals surface area contributed by atoms with E-state index in [-0.39, 0.29) is 0 Å². The van der Waals surface area contributed by atoms with Gasteiger partial charge in [0.1, 0.15) is 12.4 Å². The lowest BCUT2D eigenvalue weighted by atomic mass is 10.1. The molecule has 0 aliphatic heterocycles. The molecule has 0 unspecified atom stereocenters. The van der Waals surface area contributed by atoms with E-state index in [0.717, 1.165) is 16.2 Å². The van der Waals surface area contributed by atoms with Crippen LogP contribution in [0.25, 0.3) is 0 Å². The summed E-state index contributed by atoms with van der Waals surface area (Å²) < 4.78 is 6.02. The van der Waals surface area contributed by atoms with Gasteiger partial charge in [-0.2, -0.15) is 0 Å². The third-order valence-corrected chi connectivity index (χ3v) is 4.19. The summed E-state index contributed by atoms with van der Waals surface area (Å²) >= 11 is 1.67. The third kappa shape index (κ3) is 3.22. The van der Waals surface area contributed by atoms with Crippen molar-refractivity contribution in [2.45, 2.75) is 27.4 Å². The van der Waals surface area contributed by atoms with Gasteiger partial charge in [-0.1, -0.05) is 24.0 Å². The average Bonchev–Trinajstić information content (AvgIpc) is 2.88. The Bertz CT molecular complexity index is 661. The molecule has 0 fully saturated rings. The van der Waals surface area contributed by atoms with Crippen LogP contribution in [0.15, 0.2) is 23.6 Å². The molecular weight excluding hydrogens is 266 g/mol. The Balaban J connectivity index is 2.18. The molecule has 2 aromatic rings. The summed E-state index contributed by atoms with van der Waals surface area (Å²) in [6.45, 7) is 7.21. The van der Waals surface area contributed by atoms with E-state index in [1.54, 1.807) is 11.3 Å². The first-order valence-corrected chi connectivity index (χ1v) is 7.46.